The topological polar surface area (TPSA) is 85.6 Å². The first-order chi connectivity index (χ1) is 16.9. The number of hydrogen-bond donors (Lipinski definition) is 1. The molecule has 1 N–H and O–H groups in total. The van der Waals surface area contributed by atoms with Crippen molar-refractivity contribution < 1.29 is 26.8 Å². The minimum absolute atomic E-state index is 0.0299. The summed E-state index contributed by atoms with van der Waals surface area (Å²) in [6.45, 7) is 7.10. The summed E-state index contributed by atoms with van der Waals surface area (Å²) in [5, 5.41) is 3.48. The van der Waals surface area contributed by atoms with Crippen LogP contribution in [0.1, 0.15) is 33.5 Å². The van der Waals surface area contributed by atoms with Gasteiger partial charge in [0.2, 0.25) is 0 Å². The number of rotatable bonds is 6. The van der Waals surface area contributed by atoms with Gasteiger partial charge in [0.05, 0.1) is 17.2 Å². The van der Waals surface area contributed by atoms with Crippen molar-refractivity contribution in [1.29, 1.82) is 0 Å². The second-order valence-corrected chi connectivity index (χ2v) is 11.7. The summed E-state index contributed by atoms with van der Waals surface area (Å²) in [6.07, 6.45) is -0.551. The number of carbonyl (C=O) groups is 1. The third-order valence-electron chi connectivity index (χ3n) is 5.56. The molecule has 0 unspecified atom stereocenters. The molecule has 0 saturated heterocycles. The predicted octanol–water partition coefficient (Wildman–Crippen LogP) is 6.72. The lowest BCUT2D eigenvalue weighted by atomic mass is 9.97. The molecule has 0 bridgehead atoms. The van der Waals surface area contributed by atoms with Gasteiger partial charge < -0.3 is 14.5 Å². The van der Waals surface area contributed by atoms with Crippen LogP contribution in [0.5, 0.6) is 0 Å². The van der Waals surface area contributed by atoms with E-state index in [0.717, 1.165) is 27.6 Å². The molecule has 4 aromatic rings. The zero-order valence-corrected chi connectivity index (χ0v) is 21.4. The molecule has 0 saturated carbocycles. The minimum Gasteiger partial charge on any atom is -0.459 e. The number of halogens is 1. The smallest absolute Gasteiger partial charge is 0.408 e. The van der Waals surface area contributed by atoms with Gasteiger partial charge in [0.25, 0.3) is 0 Å². The van der Waals surface area contributed by atoms with Gasteiger partial charge in [-0.05, 0) is 79.9 Å². The fourth-order valence-corrected chi connectivity index (χ4v) is 4.68. The van der Waals surface area contributed by atoms with Crippen LogP contribution in [0.3, 0.4) is 0 Å². The van der Waals surface area contributed by atoms with Crippen molar-refractivity contribution in [2.45, 2.75) is 44.7 Å². The molecule has 0 aliphatic carbocycles. The largest absolute Gasteiger partial charge is 0.459 e. The van der Waals surface area contributed by atoms with Crippen LogP contribution in [0.4, 0.5) is 9.18 Å². The molecule has 0 atom stereocenters. The second-order valence-electron chi connectivity index (χ2n) is 9.45. The summed E-state index contributed by atoms with van der Waals surface area (Å²) in [6, 6.07) is 18.5. The molecule has 3 aromatic carbocycles. The Hall–Kier alpha value is -3.65. The summed E-state index contributed by atoms with van der Waals surface area (Å²) >= 11 is 0. The Morgan fingerprint density at radius 3 is 2.19 bits per heavy atom. The molecule has 0 spiro atoms. The highest BCUT2D eigenvalue weighted by Gasteiger charge is 2.18. The van der Waals surface area contributed by atoms with Crippen LogP contribution in [0.2, 0.25) is 0 Å². The van der Waals surface area contributed by atoms with Gasteiger partial charge in [-0.3, -0.25) is 0 Å². The van der Waals surface area contributed by atoms with Crippen LogP contribution in [-0.2, 0) is 21.1 Å². The molecule has 4 rings (SSSR count). The van der Waals surface area contributed by atoms with E-state index >= 15 is 0 Å². The third kappa shape index (κ3) is 5.76. The number of nitrogens with one attached hydrogen (secondary N) is 1. The molecule has 0 aliphatic heterocycles. The first kappa shape index (κ1) is 25.4. The molecule has 0 radical (unpaired) electrons. The van der Waals surface area contributed by atoms with Gasteiger partial charge in [-0.25, -0.2) is 17.6 Å². The normalized spacial score (nSPS) is 12.0. The molecule has 8 heteroatoms. The van der Waals surface area contributed by atoms with E-state index in [-0.39, 0.29) is 23.0 Å². The van der Waals surface area contributed by atoms with Gasteiger partial charge >= 0.3 is 6.09 Å². The molecule has 188 valence electrons. The Labute approximate surface area is 210 Å². The van der Waals surface area contributed by atoms with E-state index in [2.05, 4.69) is 5.32 Å². The molecule has 1 amide bonds. The van der Waals surface area contributed by atoms with Gasteiger partial charge in [-0.15, -0.1) is 0 Å². The van der Waals surface area contributed by atoms with Crippen LogP contribution in [0.15, 0.2) is 76.0 Å². The number of hydrogen-bond acceptors (Lipinski definition) is 5. The van der Waals surface area contributed by atoms with Crippen molar-refractivity contribution in [2.24, 2.45) is 0 Å². The number of sulfone groups is 1. The summed E-state index contributed by atoms with van der Waals surface area (Å²) in [5.74, 6) is 0.212. The zero-order valence-electron chi connectivity index (χ0n) is 20.6. The number of amides is 1. The summed E-state index contributed by atoms with van der Waals surface area (Å²) in [5.41, 5.74) is 3.15. The quantitative estimate of drug-likeness (QED) is 0.312. The minimum atomic E-state index is -3.30. The Kier molecular flexibility index (Phi) is 6.91. The lowest BCUT2D eigenvalue weighted by Crippen LogP contribution is -2.32. The monoisotopic (exact) mass is 509 g/mol. The van der Waals surface area contributed by atoms with E-state index in [1.165, 1.54) is 12.1 Å². The zero-order chi connectivity index (χ0) is 26.1. The average Bonchev–Trinajstić information content (AvgIpc) is 3.25. The predicted molar refractivity (Wildman–Crippen MR) is 138 cm³/mol. The highest BCUT2D eigenvalue weighted by atomic mass is 32.2. The average molecular weight is 510 g/mol. The van der Waals surface area contributed by atoms with E-state index in [4.69, 9.17) is 9.15 Å². The van der Waals surface area contributed by atoms with Gasteiger partial charge in [-0.1, -0.05) is 31.2 Å². The lowest BCUT2D eigenvalue weighted by molar-refractivity contribution is 0.0520. The summed E-state index contributed by atoms with van der Waals surface area (Å²) < 4.78 is 49.4. The maximum atomic E-state index is 13.6. The standard InChI is InChI=1S/C28H28FNO5S/c1-5-36(32,33)24-12-8-18(9-13-24)20-14-21-15-23(17-30-27(31)35-28(2,3)4)34-26(21)25(16-20)19-6-10-22(29)11-7-19/h6-16H,5,17H2,1-4H3,(H,30,31). The SMILES string of the molecule is CCS(=O)(=O)c1ccc(-c2cc(-c3ccc(F)cc3)c3oc(CNC(=O)OC(C)(C)C)cc3c2)cc1. The van der Waals surface area contributed by atoms with Gasteiger partial charge in [-0.2, -0.15) is 0 Å². The highest BCUT2D eigenvalue weighted by molar-refractivity contribution is 7.91. The van der Waals surface area contributed by atoms with Crippen molar-refractivity contribution in [3.05, 3.63) is 78.3 Å². The van der Waals surface area contributed by atoms with Crippen molar-refractivity contribution in [3.63, 3.8) is 0 Å². The van der Waals surface area contributed by atoms with Crippen molar-refractivity contribution in [3.8, 4) is 22.3 Å². The number of benzene rings is 3. The fraction of sp³-hybridized carbons (Fsp3) is 0.250. The molecular formula is C28H28FNO5S. The number of carbonyl (C=O) groups excluding carboxylic acids is 1. The third-order valence-corrected chi connectivity index (χ3v) is 7.31. The van der Waals surface area contributed by atoms with Crippen molar-refractivity contribution in [1.82, 2.24) is 5.32 Å². The van der Waals surface area contributed by atoms with Crippen molar-refractivity contribution >= 4 is 26.9 Å². The Morgan fingerprint density at radius 1 is 0.944 bits per heavy atom. The van der Waals surface area contributed by atoms with Gasteiger partial charge in [0, 0.05) is 10.9 Å². The molecule has 1 aromatic heterocycles. The summed E-state index contributed by atoms with van der Waals surface area (Å²) in [7, 11) is -3.30. The molecular weight excluding hydrogens is 481 g/mol. The van der Waals surface area contributed by atoms with E-state index in [1.807, 2.05) is 18.2 Å². The van der Waals surface area contributed by atoms with Crippen LogP contribution in [0, 0.1) is 5.82 Å². The Balaban J connectivity index is 1.74. The van der Waals surface area contributed by atoms with E-state index < -0.39 is 21.5 Å². The molecule has 6 nitrogen and oxygen atoms in total. The molecule has 1 heterocycles. The number of ether oxygens (including phenoxy) is 1. The van der Waals surface area contributed by atoms with Gasteiger partial charge in [0.15, 0.2) is 9.84 Å². The fourth-order valence-electron chi connectivity index (χ4n) is 3.80. The maximum Gasteiger partial charge on any atom is 0.408 e. The molecule has 0 fully saturated rings. The molecule has 0 aliphatic rings. The summed E-state index contributed by atoms with van der Waals surface area (Å²) in [4.78, 5) is 12.3. The number of alkyl carbamates (subject to hydrolysis) is 1. The number of furan rings is 1. The highest BCUT2D eigenvalue weighted by Crippen LogP contribution is 2.36. The van der Waals surface area contributed by atoms with Crippen LogP contribution >= 0.6 is 0 Å². The van der Waals surface area contributed by atoms with Crippen LogP contribution < -0.4 is 5.32 Å². The second kappa shape index (κ2) is 9.78. The number of fused-ring (bicyclic) bond motifs is 1. The Morgan fingerprint density at radius 2 is 1.58 bits per heavy atom. The van der Waals surface area contributed by atoms with Crippen LogP contribution in [0.25, 0.3) is 33.2 Å². The van der Waals surface area contributed by atoms with E-state index in [0.29, 0.717) is 11.3 Å². The Bertz CT molecular complexity index is 1500. The lowest BCUT2D eigenvalue weighted by Gasteiger charge is -2.19. The molecule has 36 heavy (non-hydrogen) atoms. The first-order valence-electron chi connectivity index (χ1n) is 11.6. The van der Waals surface area contributed by atoms with Gasteiger partial charge in [0.1, 0.15) is 22.8 Å². The van der Waals surface area contributed by atoms with E-state index in [9.17, 15) is 17.6 Å². The maximum absolute atomic E-state index is 13.6. The van der Waals surface area contributed by atoms with Crippen LogP contribution in [-0.4, -0.2) is 25.9 Å². The first-order valence-corrected chi connectivity index (χ1v) is 13.2. The van der Waals surface area contributed by atoms with Crippen molar-refractivity contribution in [2.75, 3.05) is 5.75 Å². The van der Waals surface area contributed by atoms with E-state index in [1.54, 1.807) is 64.1 Å².